The Hall–Kier alpha value is -2.02. The van der Waals surface area contributed by atoms with Crippen molar-refractivity contribution in [3.63, 3.8) is 0 Å². The van der Waals surface area contributed by atoms with Gasteiger partial charge in [-0.25, -0.2) is 8.42 Å². The SMILES string of the molecule is CCc1ccc(OCCS(=O)(=O)Nc2cc(C)no2)cc1. The third kappa shape index (κ3) is 4.78. The topological polar surface area (TPSA) is 81.4 Å². The Morgan fingerprint density at radius 3 is 2.57 bits per heavy atom. The first-order valence-corrected chi connectivity index (χ1v) is 8.29. The van der Waals surface area contributed by atoms with E-state index < -0.39 is 10.0 Å². The van der Waals surface area contributed by atoms with Gasteiger partial charge in [0.15, 0.2) is 0 Å². The summed E-state index contributed by atoms with van der Waals surface area (Å²) in [4.78, 5) is 0. The molecule has 0 aliphatic rings. The predicted molar refractivity (Wildman–Crippen MR) is 80.0 cm³/mol. The van der Waals surface area contributed by atoms with Gasteiger partial charge in [-0.05, 0) is 31.0 Å². The van der Waals surface area contributed by atoms with Crippen LogP contribution in [-0.4, -0.2) is 25.9 Å². The molecule has 0 aliphatic carbocycles. The van der Waals surface area contributed by atoms with Crippen LogP contribution < -0.4 is 9.46 Å². The van der Waals surface area contributed by atoms with Crippen molar-refractivity contribution in [2.24, 2.45) is 0 Å². The number of nitrogens with zero attached hydrogens (tertiary/aromatic N) is 1. The van der Waals surface area contributed by atoms with E-state index in [0.29, 0.717) is 11.4 Å². The molecule has 2 rings (SSSR count). The number of nitrogens with one attached hydrogen (secondary N) is 1. The number of anilines is 1. The highest BCUT2D eigenvalue weighted by Crippen LogP contribution is 2.13. The molecule has 0 atom stereocenters. The van der Waals surface area contributed by atoms with Crippen molar-refractivity contribution in [2.45, 2.75) is 20.3 Å². The zero-order valence-corrected chi connectivity index (χ0v) is 12.8. The maximum absolute atomic E-state index is 11.8. The number of rotatable bonds is 7. The van der Waals surface area contributed by atoms with Crippen LogP contribution in [0.5, 0.6) is 5.75 Å². The van der Waals surface area contributed by atoms with E-state index in [-0.39, 0.29) is 18.2 Å². The highest BCUT2D eigenvalue weighted by atomic mass is 32.2. The summed E-state index contributed by atoms with van der Waals surface area (Å²) in [5, 5.41) is 3.61. The largest absolute Gasteiger partial charge is 0.492 e. The number of sulfonamides is 1. The van der Waals surface area contributed by atoms with Crippen LogP contribution in [-0.2, 0) is 16.4 Å². The summed E-state index contributed by atoms with van der Waals surface area (Å²) in [6, 6.07) is 9.10. The molecule has 1 heterocycles. The van der Waals surface area contributed by atoms with Crippen LogP contribution in [0.2, 0.25) is 0 Å². The van der Waals surface area contributed by atoms with Crippen LogP contribution in [0.15, 0.2) is 34.9 Å². The van der Waals surface area contributed by atoms with E-state index in [4.69, 9.17) is 9.26 Å². The predicted octanol–water partition coefficient (Wildman–Crippen LogP) is 2.37. The lowest BCUT2D eigenvalue weighted by Crippen LogP contribution is -2.21. The van der Waals surface area contributed by atoms with E-state index in [2.05, 4.69) is 16.8 Å². The molecule has 0 saturated carbocycles. The molecule has 21 heavy (non-hydrogen) atoms. The van der Waals surface area contributed by atoms with Crippen LogP contribution in [0.4, 0.5) is 5.88 Å². The molecule has 1 N–H and O–H groups in total. The van der Waals surface area contributed by atoms with Crippen molar-refractivity contribution >= 4 is 15.9 Å². The van der Waals surface area contributed by atoms with Gasteiger partial charge in [0.25, 0.3) is 0 Å². The van der Waals surface area contributed by atoms with E-state index in [0.717, 1.165) is 6.42 Å². The molecular formula is C14H18N2O4S. The molecule has 114 valence electrons. The summed E-state index contributed by atoms with van der Waals surface area (Å²) in [5.41, 5.74) is 1.82. The Bertz CT molecular complexity index is 677. The minimum Gasteiger partial charge on any atom is -0.492 e. The number of aromatic nitrogens is 1. The number of benzene rings is 1. The molecule has 1 aromatic carbocycles. The van der Waals surface area contributed by atoms with Gasteiger partial charge in [-0.15, -0.1) is 0 Å². The molecule has 0 bridgehead atoms. The second kappa shape index (κ2) is 6.62. The maximum atomic E-state index is 11.8. The molecule has 0 radical (unpaired) electrons. The van der Waals surface area contributed by atoms with Gasteiger partial charge in [-0.2, -0.15) is 0 Å². The Kier molecular flexibility index (Phi) is 4.85. The molecule has 0 unspecified atom stereocenters. The van der Waals surface area contributed by atoms with Crippen molar-refractivity contribution in [1.29, 1.82) is 0 Å². The van der Waals surface area contributed by atoms with Crippen LogP contribution >= 0.6 is 0 Å². The Morgan fingerprint density at radius 2 is 2.00 bits per heavy atom. The standard InChI is InChI=1S/C14H18N2O4S/c1-3-12-4-6-13(7-5-12)19-8-9-21(17,18)16-14-10-11(2)15-20-14/h4-7,10,16H,3,8-9H2,1-2H3. The fraction of sp³-hybridized carbons (Fsp3) is 0.357. The second-order valence-corrected chi connectivity index (χ2v) is 6.44. The summed E-state index contributed by atoms with van der Waals surface area (Å²) in [6.45, 7) is 3.84. The van der Waals surface area contributed by atoms with Gasteiger partial charge in [0.1, 0.15) is 18.1 Å². The Labute approximate surface area is 124 Å². The monoisotopic (exact) mass is 310 g/mol. The van der Waals surface area contributed by atoms with Gasteiger partial charge >= 0.3 is 0 Å². The van der Waals surface area contributed by atoms with Crippen molar-refractivity contribution < 1.29 is 17.7 Å². The molecule has 0 spiro atoms. The summed E-state index contributed by atoms with van der Waals surface area (Å²) in [6.07, 6.45) is 0.954. The first kappa shape index (κ1) is 15.4. The third-order valence-corrected chi connectivity index (χ3v) is 4.05. The number of aryl methyl sites for hydroxylation is 2. The zero-order valence-electron chi connectivity index (χ0n) is 12.0. The lowest BCUT2D eigenvalue weighted by Gasteiger charge is -2.08. The van der Waals surface area contributed by atoms with E-state index in [1.807, 2.05) is 24.3 Å². The smallest absolute Gasteiger partial charge is 0.238 e. The second-order valence-electron chi connectivity index (χ2n) is 4.60. The van der Waals surface area contributed by atoms with E-state index in [1.54, 1.807) is 6.92 Å². The van der Waals surface area contributed by atoms with Crippen molar-refractivity contribution in [1.82, 2.24) is 5.16 Å². The maximum Gasteiger partial charge on any atom is 0.238 e. The van der Waals surface area contributed by atoms with Crippen LogP contribution in [0, 0.1) is 6.92 Å². The zero-order chi connectivity index (χ0) is 15.3. The third-order valence-electron chi connectivity index (χ3n) is 2.84. The van der Waals surface area contributed by atoms with Crippen LogP contribution in [0.1, 0.15) is 18.2 Å². The lowest BCUT2D eigenvalue weighted by atomic mass is 10.2. The summed E-state index contributed by atoms with van der Waals surface area (Å²) < 4.78 is 36.2. The first-order chi connectivity index (χ1) is 9.98. The fourth-order valence-electron chi connectivity index (χ4n) is 1.71. The van der Waals surface area contributed by atoms with Crippen molar-refractivity contribution in [3.05, 3.63) is 41.6 Å². The van der Waals surface area contributed by atoms with Gasteiger partial charge in [-0.1, -0.05) is 24.2 Å². The van der Waals surface area contributed by atoms with Gasteiger partial charge < -0.3 is 9.26 Å². The van der Waals surface area contributed by atoms with Gasteiger partial charge in [0.2, 0.25) is 15.9 Å². The minimum absolute atomic E-state index is 0.0634. The normalized spacial score (nSPS) is 11.3. The number of hydrogen-bond acceptors (Lipinski definition) is 5. The highest BCUT2D eigenvalue weighted by Gasteiger charge is 2.13. The first-order valence-electron chi connectivity index (χ1n) is 6.64. The average molecular weight is 310 g/mol. The van der Waals surface area contributed by atoms with Crippen LogP contribution in [0.3, 0.4) is 0 Å². The minimum atomic E-state index is -3.51. The average Bonchev–Trinajstić information content (AvgIpc) is 2.84. The molecule has 7 heteroatoms. The summed E-state index contributed by atoms with van der Waals surface area (Å²) >= 11 is 0. The molecule has 0 saturated heterocycles. The molecular weight excluding hydrogens is 292 g/mol. The molecule has 0 amide bonds. The molecule has 0 aliphatic heterocycles. The van der Waals surface area contributed by atoms with Gasteiger partial charge in [0.05, 0.1) is 5.69 Å². The Morgan fingerprint density at radius 1 is 1.29 bits per heavy atom. The molecule has 6 nitrogen and oxygen atoms in total. The highest BCUT2D eigenvalue weighted by molar-refractivity contribution is 7.92. The lowest BCUT2D eigenvalue weighted by molar-refractivity contribution is 0.341. The van der Waals surface area contributed by atoms with E-state index in [1.165, 1.54) is 11.6 Å². The number of hydrogen-bond donors (Lipinski definition) is 1. The van der Waals surface area contributed by atoms with Crippen molar-refractivity contribution in [3.8, 4) is 5.75 Å². The van der Waals surface area contributed by atoms with Crippen molar-refractivity contribution in [2.75, 3.05) is 17.1 Å². The molecule has 2 aromatic rings. The summed E-state index contributed by atoms with van der Waals surface area (Å²) in [5.74, 6) is 0.597. The molecule has 0 fully saturated rings. The van der Waals surface area contributed by atoms with Crippen LogP contribution in [0.25, 0.3) is 0 Å². The summed E-state index contributed by atoms with van der Waals surface area (Å²) in [7, 11) is -3.51. The fourth-order valence-corrected chi connectivity index (χ4v) is 2.51. The van der Waals surface area contributed by atoms with Gasteiger partial charge in [-0.3, -0.25) is 4.72 Å². The quantitative estimate of drug-likeness (QED) is 0.849. The van der Waals surface area contributed by atoms with E-state index >= 15 is 0 Å². The van der Waals surface area contributed by atoms with Gasteiger partial charge in [0, 0.05) is 6.07 Å². The number of ether oxygens (including phenoxy) is 1. The molecule has 1 aromatic heterocycles. The van der Waals surface area contributed by atoms with E-state index in [9.17, 15) is 8.42 Å². The Balaban J connectivity index is 1.83.